The van der Waals surface area contributed by atoms with Gasteiger partial charge in [0.25, 0.3) is 0 Å². The largest absolute Gasteiger partial charge is 0.468 e. The molecule has 0 spiro atoms. The number of nitrogens with one attached hydrogen (secondary N) is 1. The Hall–Kier alpha value is -0.393. The van der Waals surface area contributed by atoms with Gasteiger partial charge in [0.1, 0.15) is 6.04 Å². The summed E-state index contributed by atoms with van der Waals surface area (Å²) in [5.74, 6) is -0.0320. The van der Waals surface area contributed by atoms with Crippen LogP contribution in [0.3, 0.4) is 0 Å². The van der Waals surface area contributed by atoms with Crippen LogP contribution in [0.25, 0.3) is 0 Å². The molecule has 0 amide bonds. The first-order valence-electron chi connectivity index (χ1n) is 6.59. The summed E-state index contributed by atoms with van der Waals surface area (Å²) in [6.45, 7) is 13.9. The molecule has 1 rings (SSSR count). The third-order valence-corrected chi connectivity index (χ3v) is 8.86. The number of hydrogen-bond donors (Lipinski definition) is 1. The van der Waals surface area contributed by atoms with E-state index in [0.29, 0.717) is 0 Å². The average molecular weight is 273 g/mol. The monoisotopic (exact) mass is 273 g/mol. The summed E-state index contributed by atoms with van der Waals surface area (Å²) >= 11 is 0. The van der Waals surface area contributed by atoms with Gasteiger partial charge in [0.2, 0.25) is 0 Å². The molecule has 0 aromatic heterocycles. The molecule has 1 unspecified atom stereocenters. The van der Waals surface area contributed by atoms with Crippen molar-refractivity contribution in [3.05, 3.63) is 0 Å². The molecule has 0 radical (unpaired) electrons. The highest BCUT2D eigenvalue weighted by molar-refractivity contribution is 6.74. The molecule has 1 fully saturated rings. The minimum absolute atomic E-state index is 0.106. The second-order valence-electron chi connectivity index (χ2n) is 6.68. The molecule has 0 bridgehead atoms. The number of esters is 1. The maximum atomic E-state index is 11.6. The third-order valence-electron chi connectivity index (χ3n) is 4.36. The van der Waals surface area contributed by atoms with Gasteiger partial charge in [0.05, 0.1) is 13.2 Å². The molecule has 3 atom stereocenters. The first-order valence-corrected chi connectivity index (χ1v) is 9.50. The topological polar surface area (TPSA) is 47.6 Å². The van der Waals surface area contributed by atoms with Crippen LogP contribution >= 0.6 is 0 Å². The van der Waals surface area contributed by atoms with E-state index in [9.17, 15) is 4.79 Å². The van der Waals surface area contributed by atoms with Crippen molar-refractivity contribution in [3.63, 3.8) is 0 Å². The van der Waals surface area contributed by atoms with Crippen LogP contribution in [-0.4, -0.2) is 40.1 Å². The molecular formula is C13H27NO3Si. The number of rotatable bonds is 3. The summed E-state index contributed by atoms with van der Waals surface area (Å²) < 4.78 is 11.2. The van der Waals surface area contributed by atoms with E-state index < -0.39 is 8.32 Å². The van der Waals surface area contributed by atoms with E-state index in [4.69, 9.17) is 9.16 Å². The zero-order valence-electron chi connectivity index (χ0n) is 12.7. The fourth-order valence-corrected chi connectivity index (χ4v) is 3.37. The van der Waals surface area contributed by atoms with Crippen molar-refractivity contribution in [1.29, 1.82) is 0 Å². The number of carbonyl (C=O) groups excluding carboxylic acids is 1. The fraction of sp³-hybridized carbons (Fsp3) is 0.923. The van der Waals surface area contributed by atoms with Crippen LogP contribution in [0.1, 0.15) is 27.7 Å². The van der Waals surface area contributed by atoms with E-state index in [-0.39, 0.29) is 29.1 Å². The lowest BCUT2D eigenvalue weighted by Gasteiger charge is -2.39. The molecule has 4 nitrogen and oxygen atoms in total. The molecule has 1 aliphatic rings. The molecule has 0 aliphatic carbocycles. The summed E-state index contributed by atoms with van der Waals surface area (Å²) in [4.78, 5) is 11.6. The van der Waals surface area contributed by atoms with Gasteiger partial charge >= 0.3 is 5.97 Å². The van der Waals surface area contributed by atoms with E-state index in [0.717, 1.165) is 6.54 Å². The number of methoxy groups -OCH3 is 1. The highest BCUT2D eigenvalue weighted by Crippen LogP contribution is 2.38. The average Bonchev–Trinajstić information content (AvgIpc) is 2.57. The Morgan fingerprint density at radius 3 is 2.33 bits per heavy atom. The SMILES string of the molecule is COC(=O)C1NC[C@H](O[Si](C)(C)C(C)(C)C)[C@H]1C. The fourth-order valence-electron chi connectivity index (χ4n) is 1.96. The Labute approximate surface area is 112 Å². The molecule has 0 aromatic carbocycles. The second kappa shape index (κ2) is 5.31. The Kier molecular flexibility index (Phi) is 4.62. The molecular weight excluding hydrogens is 246 g/mol. The van der Waals surface area contributed by atoms with Crippen LogP contribution in [0.5, 0.6) is 0 Å². The van der Waals surface area contributed by atoms with Crippen molar-refractivity contribution >= 4 is 14.3 Å². The van der Waals surface area contributed by atoms with Gasteiger partial charge in [-0.3, -0.25) is 4.79 Å². The molecule has 1 aliphatic heterocycles. The third kappa shape index (κ3) is 3.13. The lowest BCUT2D eigenvalue weighted by molar-refractivity contribution is -0.143. The van der Waals surface area contributed by atoms with Crippen LogP contribution in [0, 0.1) is 5.92 Å². The van der Waals surface area contributed by atoms with E-state index in [1.54, 1.807) is 0 Å². The van der Waals surface area contributed by atoms with E-state index in [1.165, 1.54) is 7.11 Å². The number of ether oxygens (including phenoxy) is 1. The molecule has 1 N–H and O–H groups in total. The molecule has 1 saturated heterocycles. The van der Waals surface area contributed by atoms with Gasteiger partial charge in [0.15, 0.2) is 8.32 Å². The van der Waals surface area contributed by atoms with Gasteiger partial charge in [-0.15, -0.1) is 0 Å². The minimum atomic E-state index is -1.78. The van der Waals surface area contributed by atoms with Gasteiger partial charge in [-0.1, -0.05) is 27.7 Å². The van der Waals surface area contributed by atoms with E-state index in [2.05, 4.69) is 46.1 Å². The maximum absolute atomic E-state index is 11.6. The zero-order chi connectivity index (χ0) is 14.1. The molecule has 106 valence electrons. The first kappa shape index (κ1) is 15.7. The lowest BCUT2D eigenvalue weighted by Crippen LogP contribution is -2.46. The molecule has 0 saturated carbocycles. The number of carbonyl (C=O) groups is 1. The van der Waals surface area contributed by atoms with Crippen LogP contribution in [-0.2, 0) is 14.0 Å². The van der Waals surface area contributed by atoms with Gasteiger partial charge in [-0.2, -0.15) is 0 Å². The Balaban J connectivity index is 2.69. The zero-order valence-corrected chi connectivity index (χ0v) is 13.7. The quantitative estimate of drug-likeness (QED) is 0.632. The van der Waals surface area contributed by atoms with Crippen LogP contribution in [0.2, 0.25) is 18.1 Å². The van der Waals surface area contributed by atoms with Crippen LogP contribution < -0.4 is 5.32 Å². The lowest BCUT2D eigenvalue weighted by atomic mass is 10.0. The molecule has 5 heteroatoms. The van der Waals surface area contributed by atoms with E-state index in [1.807, 2.05) is 0 Å². The van der Waals surface area contributed by atoms with E-state index >= 15 is 0 Å². The highest BCUT2D eigenvalue weighted by Gasteiger charge is 2.45. The Morgan fingerprint density at radius 1 is 1.33 bits per heavy atom. The molecule has 1 heterocycles. The normalized spacial score (nSPS) is 29.4. The Morgan fingerprint density at radius 2 is 1.89 bits per heavy atom. The maximum Gasteiger partial charge on any atom is 0.323 e. The van der Waals surface area contributed by atoms with Crippen molar-refractivity contribution in [3.8, 4) is 0 Å². The summed E-state index contributed by atoms with van der Waals surface area (Å²) in [6.07, 6.45) is 0.106. The van der Waals surface area contributed by atoms with Gasteiger partial charge < -0.3 is 14.5 Å². The summed E-state index contributed by atoms with van der Waals surface area (Å²) in [6, 6.07) is -0.232. The summed E-state index contributed by atoms with van der Waals surface area (Å²) in [5.41, 5.74) is 0. The van der Waals surface area contributed by atoms with Crippen LogP contribution in [0.4, 0.5) is 0 Å². The van der Waals surface area contributed by atoms with Gasteiger partial charge in [-0.05, 0) is 18.1 Å². The van der Waals surface area contributed by atoms with Crippen molar-refractivity contribution in [2.45, 2.75) is 58.0 Å². The predicted molar refractivity (Wildman–Crippen MR) is 75.0 cm³/mol. The standard InChI is InChI=1S/C13H27NO3Si/c1-9-10(8-14-11(9)12(15)16-5)17-18(6,7)13(2,3)4/h9-11,14H,8H2,1-7H3/t9-,10+,11?/m1/s1. The van der Waals surface area contributed by atoms with Gasteiger partial charge in [0, 0.05) is 12.5 Å². The van der Waals surface area contributed by atoms with Gasteiger partial charge in [-0.25, -0.2) is 0 Å². The smallest absolute Gasteiger partial charge is 0.323 e. The van der Waals surface area contributed by atoms with Crippen LogP contribution in [0.15, 0.2) is 0 Å². The van der Waals surface area contributed by atoms with Crippen molar-refractivity contribution in [2.24, 2.45) is 5.92 Å². The van der Waals surface area contributed by atoms with Crippen molar-refractivity contribution in [1.82, 2.24) is 5.32 Å². The molecule has 0 aromatic rings. The van der Waals surface area contributed by atoms with Crippen molar-refractivity contribution < 1.29 is 14.0 Å². The minimum Gasteiger partial charge on any atom is -0.468 e. The van der Waals surface area contributed by atoms with Crippen molar-refractivity contribution in [2.75, 3.05) is 13.7 Å². The second-order valence-corrected chi connectivity index (χ2v) is 11.4. The Bertz CT molecular complexity index is 312. The summed E-state index contributed by atoms with van der Waals surface area (Å²) in [5, 5.41) is 3.39. The highest BCUT2D eigenvalue weighted by atomic mass is 28.4. The first-order chi connectivity index (χ1) is 8.10. The number of hydrogen-bond acceptors (Lipinski definition) is 4. The summed E-state index contributed by atoms with van der Waals surface area (Å²) in [7, 11) is -0.349. The predicted octanol–water partition coefficient (Wildman–Crippen LogP) is 2.16. The molecule has 18 heavy (non-hydrogen) atoms.